The van der Waals surface area contributed by atoms with Gasteiger partial charge in [0.2, 0.25) is 0 Å². The highest BCUT2D eigenvalue weighted by atomic mass is 79.9. The molecule has 0 radical (unpaired) electrons. The van der Waals surface area contributed by atoms with E-state index in [1.54, 1.807) is 24.3 Å². The summed E-state index contributed by atoms with van der Waals surface area (Å²) in [7, 11) is 1.37. The van der Waals surface area contributed by atoms with Crippen LogP contribution in [0.15, 0.2) is 30.3 Å². The van der Waals surface area contributed by atoms with E-state index in [4.69, 9.17) is 0 Å². The lowest BCUT2D eigenvalue weighted by atomic mass is 10.2. The molecule has 0 atom stereocenters. The molecule has 1 aromatic rings. The first kappa shape index (κ1) is 15.6. The van der Waals surface area contributed by atoms with Crippen molar-refractivity contribution >= 4 is 21.9 Å². The van der Waals surface area contributed by atoms with Gasteiger partial charge in [-0.05, 0) is 18.0 Å². The maximum atomic E-state index is 10.8. The summed E-state index contributed by atoms with van der Waals surface area (Å²) < 4.78 is 4.50. The number of hydrogen-bond donors (Lipinski definition) is 0. The second kappa shape index (κ2) is 12.2. The van der Waals surface area contributed by atoms with Crippen LogP contribution in [-0.4, -0.2) is 18.9 Å². The van der Waals surface area contributed by atoms with Crippen LogP contribution in [0.4, 0.5) is 0 Å². The zero-order valence-electron chi connectivity index (χ0n) is 9.08. The third kappa shape index (κ3) is 6.66. The fourth-order valence-corrected chi connectivity index (χ4v) is 0.692. The fraction of sp³-hybridized carbons (Fsp3) is 0.364. The molecule has 1 rings (SSSR count). The van der Waals surface area contributed by atoms with Crippen LogP contribution in [0.5, 0.6) is 0 Å². The van der Waals surface area contributed by atoms with Crippen molar-refractivity contribution in [1.29, 1.82) is 0 Å². The van der Waals surface area contributed by atoms with Crippen LogP contribution in [0.2, 0.25) is 0 Å². The average molecular weight is 261 g/mol. The Morgan fingerprint density at radius 1 is 1.14 bits per heavy atom. The van der Waals surface area contributed by atoms with Crippen molar-refractivity contribution in [3.63, 3.8) is 0 Å². The summed E-state index contributed by atoms with van der Waals surface area (Å²) in [5, 5.41) is 0. The van der Waals surface area contributed by atoms with Gasteiger partial charge in [-0.15, -0.1) is 0 Å². The molecule has 1 aromatic carbocycles. The number of hydrogen-bond acceptors (Lipinski definition) is 2. The van der Waals surface area contributed by atoms with Gasteiger partial charge in [0.1, 0.15) is 0 Å². The van der Waals surface area contributed by atoms with Crippen LogP contribution in [0.25, 0.3) is 0 Å². The zero-order valence-corrected chi connectivity index (χ0v) is 10.7. The Kier molecular flexibility index (Phi) is 13.6. The van der Waals surface area contributed by atoms with Gasteiger partial charge in [0, 0.05) is 0 Å². The monoisotopic (exact) mass is 260 g/mol. The molecule has 0 fully saturated rings. The lowest BCUT2D eigenvalue weighted by Gasteiger charge is -1.95. The molecule has 0 saturated heterocycles. The van der Waals surface area contributed by atoms with E-state index in [1.807, 2.05) is 25.7 Å². The van der Waals surface area contributed by atoms with Crippen LogP contribution in [-0.2, 0) is 4.74 Å². The Hall–Kier alpha value is -0.830. The van der Waals surface area contributed by atoms with Gasteiger partial charge in [0.25, 0.3) is 0 Å². The highest BCUT2D eigenvalue weighted by Crippen LogP contribution is 1.98. The van der Waals surface area contributed by atoms with Gasteiger partial charge in [-0.2, -0.15) is 0 Å². The molecular formula is C11H17BrO2. The average Bonchev–Trinajstić information content (AvgIpc) is 2.34. The number of benzene rings is 1. The number of carbonyl (C=O) groups is 1. The standard InChI is InChI=1S/C8H8O2.C2H6.CH3Br/c1-10-8(9)7-5-3-2-4-6-7;2*1-2/h2-6H,1H3;1-2H3;1H3. The molecular weight excluding hydrogens is 244 g/mol. The van der Waals surface area contributed by atoms with E-state index >= 15 is 0 Å². The van der Waals surface area contributed by atoms with Gasteiger partial charge in [-0.1, -0.05) is 48.0 Å². The number of esters is 1. The molecule has 0 aromatic heterocycles. The minimum Gasteiger partial charge on any atom is -0.465 e. The molecule has 0 N–H and O–H groups in total. The maximum absolute atomic E-state index is 10.8. The van der Waals surface area contributed by atoms with E-state index in [9.17, 15) is 4.79 Å². The van der Waals surface area contributed by atoms with Gasteiger partial charge in [-0.3, -0.25) is 0 Å². The first-order valence-electron chi connectivity index (χ1n) is 4.36. The molecule has 0 aliphatic rings. The Labute approximate surface area is 94.4 Å². The maximum Gasteiger partial charge on any atom is 0.337 e. The van der Waals surface area contributed by atoms with Crippen molar-refractivity contribution in [2.75, 3.05) is 12.9 Å². The summed E-state index contributed by atoms with van der Waals surface area (Å²) in [5.74, 6) is 1.52. The zero-order chi connectivity index (χ0) is 11.4. The lowest BCUT2D eigenvalue weighted by Crippen LogP contribution is -1.99. The lowest BCUT2D eigenvalue weighted by molar-refractivity contribution is 0.0601. The van der Waals surface area contributed by atoms with Crippen LogP contribution >= 0.6 is 15.9 Å². The summed E-state index contributed by atoms with van der Waals surface area (Å²) >= 11 is 2.94. The molecule has 2 nitrogen and oxygen atoms in total. The number of carbonyl (C=O) groups excluding carboxylic acids is 1. The number of ether oxygens (including phenoxy) is 1. The summed E-state index contributed by atoms with van der Waals surface area (Å²) in [6, 6.07) is 8.88. The van der Waals surface area contributed by atoms with Crippen molar-refractivity contribution < 1.29 is 9.53 Å². The van der Waals surface area contributed by atoms with E-state index in [1.165, 1.54) is 7.11 Å². The van der Waals surface area contributed by atoms with E-state index in [0.717, 1.165) is 0 Å². The van der Waals surface area contributed by atoms with Crippen LogP contribution in [0.1, 0.15) is 24.2 Å². The first-order chi connectivity index (χ1) is 6.84. The number of alkyl halides is 1. The third-order valence-corrected chi connectivity index (χ3v) is 1.19. The molecule has 0 bridgehead atoms. The van der Waals surface area contributed by atoms with E-state index in [-0.39, 0.29) is 5.97 Å². The predicted molar refractivity (Wildman–Crippen MR) is 64.0 cm³/mol. The van der Waals surface area contributed by atoms with E-state index in [0.29, 0.717) is 5.56 Å². The molecule has 0 aliphatic carbocycles. The van der Waals surface area contributed by atoms with Crippen molar-refractivity contribution in [2.24, 2.45) is 0 Å². The molecule has 0 amide bonds. The smallest absolute Gasteiger partial charge is 0.337 e. The topological polar surface area (TPSA) is 26.3 Å². The minimum absolute atomic E-state index is 0.291. The van der Waals surface area contributed by atoms with Crippen molar-refractivity contribution in [2.45, 2.75) is 13.8 Å². The molecule has 3 heteroatoms. The normalized spacial score (nSPS) is 7.21. The molecule has 14 heavy (non-hydrogen) atoms. The van der Waals surface area contributed by atoms with E-state index < -0.39 is 0 Å². The highest BCUT2D eigenvalue weighted by Gasteiger charge is 2.00. The number of methoxy groups -OCH3 is 1. The Balaban J connectivity index is 0. The second-order valence-electron chi connectivity index (χ2n) is 1.86. The van der Waals surface area contributed by atoms with Crippen LogP contribution in [0, 0.1) is 0 Å². The quantitative estimate of drug-likeness (QED) is 0.571. The molecule has 0 heterocycles. The first-order valence-corrected chi connectivity index (χ1v) is 5.94. The Morgan fingerprint density at radius 2 is 1.57 bits per heavy atom. The Morgan fingerprint density at radius 3 is 1.93 bits per heavy atom. The molecule has 0 aliphatic heterocycles. The van der Waals surface area contributed by atoms with Crippen LogP contribution in [0.3, 0.4) is 0 Å². The fourth-order valence-electron chi connectivity index (χ4n) is 0.692. The third-order valence-electron chi connectivity index (χ3n) is 1.19. The highest BCUT2D eigenvalue weighted by molar-refractivity contribution is 9.08. The summed E-state index contributed by atoms with van der Waals surface area (Å²) in [5.41, 5.74) is 0.588. The van der Waals surface area contributed by atoms with Gasteiger partial charge < -0.3 is 4.74 Å². The SMILES string of the molecule is CBr.CC.COC(=O)c1ccccc1. The summed E-state index contributed by atoms with van der Waals surface area (Å²) in [6.45, 7) is 4.00. The summed E-state index contributed by atoms with van der Waals surface area (Å²) in [6.07, 6.45) is 0. The molecule has 0 saturated carbocycles. The second-order valence-corrected chi connectivity index (χ2v) is 1.86. The molecule has 80 valence electrons. The Bertz CT molecular complexity index is 222. The van der Waals surface area contributed by atoms with Gasteiger partial charge >= 0.3 is 5.97 Å². The van der Waals surface area contributed by atoms with E-state index in [2.05, 4.69) is 20.7 Å². The van der Waals surface area contributed by atoms with Gasteiger partial charge in [-0.25, -0.2) is 4.79 Å². The van der Waals surface area contributed by atoms with Crippen molar-refractivity contribution in [3.05, 3.63) is 35.9 Å². The largest absolute Gasteiger partial charge is 0.465 e. The summed E-state index contributed by atoms with van der Waals surface area (Å²) in [4.78, 5) is 10.8. The van der Waals surface area contributed by atoms with Crippen LogP contribution < -0.4 is 0 Å². The number of halogens is 1. The minimum atomic E-state index is -0.291. The van der Waals surface area contributed by atoms with Crippen molar-refractivity contribution in [1.82, 2.24) is 0 Å². The van der Waals surface area contributed by atoms with Crippen molar-refractivity contribution in [3.8, 4) is 0 Å². The van der Waals surface area contributed by atoms with Gasteiger partial charge in [0.15, 0.2) is 0 Å². The molecule has 0 spiro atoms. The predicted octanol–water partition coefficient (Wildman–Crippen LogP) is 3.51. The number of rotatable bonds is 1. The molecule has 0 unspecified atom stereocenters. The van der Waals surface area contributed by atoms with Gasteiger partial charge in [0.05, 0.1) is 12.7 Å².